The van der Waals surface area contributed by atoms with Gasteiger partial charge >= 0.3 is 6.01 Å². The molecule has 2 N–H and O–H groups in total. The Morgan fingerprint density at radius 3 is 2.74 bits per heavy atom. The summed E-state index contributed by atoms with van der Waals surface area (Å²) in [5.41, 5.74) is 2.33. The second kappa shape index (κ2) is 9.84. The summed E-state index contributed by atoms with van der Waals surface area (Å²) in [4.78, 5) is 48.6. The minimum atomic E-state index is -0.676. The van der Waals surface area contributed by atoms with Crippen LogP contribution in [0.1, 0.15) is 38.3 Å². The van der Waals surface area contributed by atoms with Crippen LogP contribution in [0.2, 0.25) is 5.02 Å². The van der Waals surface area contributed by atoms with E-state index >= 15 is 0 Å². The van der Waals surface area contributed by atoms with Gasteiger partial charge in [-0.05, 0) is 43.2 Å². The minimum Gasteiger partial charge on any atom is -0.467 e. The van der Waals surface area contributed by atoms with Crippen LogP contribution in [-0.4, -0.2) is 33.8 Å². The second-order valence-electron chi connectivity index (χ2n) is 7.73. The van der Waals surface area contributed by atoms with Crippen molar-refractivity contribution in [2.45, 2.75) is 19.8 Å². The molecule has 0 fully saturated rings. The molecular formula is C25H21ClN4O4. The highest BCUT2D eigenvalue weighted by molar-refractivity contribution is 6.34. The number of pyridine rings is 1. The molecular weight excluding hydrogens is 456 g/mol. The molecule has 0 atom stereocenters. The first kappa shape index (κ1) is 23.1. The van der Waals surface area contributed by atoms with E-state index in [1.165, 1.54) is 25.4 Å². The molecule has 0 spiro atoms. The number of Topliss-reactive ketones (excluding diaryl/α,β-unsaturated/α-hetero) is 1. The average molecular weight is 477 g/mol. The molecule has 8 nitrogen and oxygen atoms in total. The first-order valence-corrected chi connectivity index (χ1v) is 10.9. The number of hydrogen-bond donors (Lipinski definition) is 2. The van der Waals surface area contributed by atoms with Crippen molar-refractivity contribution in [3.05, 3.63) is 92.4 Å². The van der Waals surface area contributed by atoms with Crippen LogP contribution in [0.25, 0.3) is 11.0 Å². The van der Waals surface area contributed by atoms with Crippen molar-refractivity contribution >= 4 is 40.0 Å². The molecule has 0 bridgehead atoms. The van der Waals surface area contributed by atoms with Crippen LogP contribution in [0.15, 0.2) is 59.5 Å². The number of carbonyl (C=O) groups excluding carboxylic acids is 2. The van der Waals surface area contributed by atoms with Gasteiger partial charge in [-0.1, -0.05) is 41.4 Å². The van der Waals surface area contributed by atoms with Crippen molar-refractivity contribution in [1.29, 1.82) is 0 Å². The normalized spacial score (nSPS) is 10.8. The number of H-pyrrole nitrogens is 1. The van der Waals surface area contributed by atoms with E-state index in [1.54, 1.807) is 12.1 Å². The fourth-order valence-corrected chi connectivity index (χ4v) is 3.66. The molecule has 0 aliphatic heterocycles. The van der Waals surface area contributed by atoms with Crippen molar-refractivity contribution in [2.24, 2.45) is 0 Å². The van der Waals surface area contributed by atoms with Crippen LogP contribution in [-0.2, 0) is 6.42 Å². The summed E-state index contributed by atoms with van der Waals surface area (Å²) in [7, 11) is 1.41. The fourth-order valence-electron chi connectivity index (χ4n) is 3.50. The van der Waals surface area contributed by atoms with Crippen LogP contribution in [0.4, 0.5) is 5.69 Å². The highest BCUT2D eigenvalue weighted by Gasteiger charge is 2.16. The van der Waals surface area contributed by atoms with Gasteiger partial charge < -0.3 is 15.0 Å². The third kappa shape index (κ3) is 5.13. The average Bonchev–Trinajstić information content (AvgIpc) is 2.83. The number of carbonyl (C=O) groups is 2. The number of ether oxygens (including phenoxy) is 1. The van der Waals surface area contributed by atoms with Gasteiger partial charge in [0.05, 0.1) is 17.8 Å². The lowest BCUT2D eigenvalue weighted by atomic mass is 10.0. The Bertz CT molecular complexity index is 1470. The van der Waals surface area contributed by atoms with Gasteiger partial charge in [-0.25, -0.2) is 4.98 Å². The van der Waals surface area contributed by atoms with E-state index in [1.807, 2.05) is 31.2 Å². The number of nitrogens with one attached hydrogen (secondary N) is 2. The van der Waals surface area contributed by atoms with E-state index in [0.717, 1.165) is 11.1 Å². The van der Waals surface area contributed by atoms with Gasteiger partial charge in [0.1, 0.15) is 11.2 Å². The predicted octanol–water partition coefficient (Wildman–Crippen LogP) is 4.36. The number of hydrogen-bond acceptors (Lipinski definition) is 6. The monoisotopic (exact) mass is 476 g/mol. The van der Waals surface area contributed by atoms with Gasteiger partial charge in [-0.2, -0.15) is 4.98 Å². The number of aryl methyl sites for hydroxylation is 2. The number of aromatic amines is 1. The summed E-state index contributed by atoms with van der Waals surface area (Å²) < 4.78 is 4.94. The molecule has 2 aromatic heterocycles. The second-order valence-corrected chi connectivity index (χ2v) is 8.14. The zero-order chi connectivity index (χ0) is 24.2. The number of ketones is 1. The summed E-state index contributed by atoms with van der Waals surface area (Å²) in [6.45, 7) is 2.00. The lowest BCUT2D eigenvalue weighted by Crippen LogP contribution is -2.23. The lowest BCUT2D eigenvalue weighted by Gasteiger charge is -2.10. The molecule has 172 valence electrons. The fraction of sp³-hybridized carbons (Fsp3) is 0.160. The largest absolute Gasteiger partial charge is 0.467 e. The number of anilines is 1. The quantitative estimate of drug-likeness (QED) is 0.383. The molecule has 1 amide bonds. The van der Waals surface area contributed by atoms with E-state index in [-0.39, 0.29) is 33.7 Å². The molecule has 34 heavy (non-hydrogen) atoms. The Kier molecular flexibility index (Phi) is 6.70. The highest BCUT2D eigenvalue weighted by atomic mass is 35.5. The summed E-state index contributed by atoms with van der Waals surface area (Å²) >= 11 is 6.25. The molecule has 0 saturated carbocycles. The maximum absolute atomic E-state index is 12.8. The van der Waals surface area contributed by atoms with Crippen LogP contribution >= 0.6 is 11.6 Å². The van der Waals surface area contributed by atoms with Gasteiger partial charge in [0, 0.05) is 23.6 Å². The first-order chi connectivity index (χ1) is 16.3. The van der Waals surface area contributed by atoms with Crippen molar-refractivity contribution in [2.75, 3.05) is 12.4 Å². The Labute approximate surface area is 200 Å². The molecule has 9 heteroatoms. The minimum absolute atomic E-state index is 0.0803. The zero-order valence-electron chi connectivity index (χ0n) is 18.5. The van der Waals surface area contributed by atoms with Crippen molar-refractivity contribution in [3.63, 3.8) is 0 Å². The standard InChI is InChI=1S/C25H21ClN4O4/c1-14-4-3-5-15(10-14)6-9-21(31)16-7-8-19(26)20(12-16)28-23(32)18-11-17-13-27-25(34-2)30-22(17)29-24(18)33/h3-5,7-8,10-13H,6,9H2,1-2H3,(H,28,32)(H,27,29,30,33). The number of amides is 1. The SMILES string of the molecule is COc1ncc2cc(C(=O)Nc3cc(C(=O)CCc4cccc(C)c4)ccc3Cl)c(=O)[nH]c2n1. The zero-order valence-corrected chi connectivity index (χ0v) is 19.3. The number of methoxy groups -OCH3 is 1. The van der Waals surface area contributed by atoms with E-state index < -0.39 is 11.5 Å². The van der Waals surface area contributed by atoms with Crippen LogP contribution in [0.3, 0.4) is 0 Å². The topological polar surface area (TPSA) is 114 Å². The highest BCUT2D eigenvalue weighted by Crippen LogP contribution is 2.25. The maximum Gasteiger partial charge on any atom is 0.318 e. The maximum atomic E-state index is 12.8. The molecule has 0 radical (unpaired) electrons. The number of nitrogens with zero attached hydrogens (tertiary/aromatic N) is 2. The predicted molar refractivity (Wildman–Crippen MR) is 130 cm³/mol. The Balaban J connectivity index is 1.53. The molecule has 4 aromatic rings. The Morgan fingerprint density at radius 2 is 1.97 bits per heavy atom. The number of benzene rings is 2. The van der Waals surface area contributed by atoms with E-state index in [2.05, 4.69) is 20.3 Å². The first-order valence-electron chi connectivity index (χ1n) is 10.5. The van der Waals surface area contributed by atoms with Crippen molar-refractivity contribution in [1.82, 2.24) is 15.0 Å². The summed E-state index contributed by atoms with van der Waals surface area (Å²) in [6.07, 6.45) is 2.35. The van der Waals surface area contributed by atoms with Gasteiger partial charge in [-0.3, -0.25) is 14.4 Å². The van der Waals surface area contributed by atoms with Crippen molar-refractivity contribution < 1.29 is 14.3 Å². The van der Waals surface area contributed by atoms with Gasteiger partial charge in [0.2, 0.25) is 0 Å². The number of halogens is 1. The molecule has 0 unspecified atom stereocenters. The Morgan fingerprint density at radius 1 is 1.15 bits per heavy atom. The van der Waals surface area contributed by atoms with E-state index in [4.69, 9.17) is 16.3 Å². The molecule has 0 aliphatic carbocycles. The molecule has 0 aliphatic rings. The third-order valence-corrected chi connectivity index (χ3v) is 5.59. The number of aromatic nitrogens is 3. The van der Waals surface area contributed by atoms with Crippen LogP contribution in [0, 0.1) is 6.92 Å². The van der Waals surface area contributed by atoms with Crippen LogP contribution < -0.4 is 15.6 Å². The smallest absolute Gasteiger partial charge is 0.318 e. The molecule has 0 saturated heterocycles. The van der Waals surface area contributed by atoms with Gasteiger partial charge in [0.15, 0.2) is 5.78 Å². The summed E-state index contributed by atoms with van der Waals surface area (Å²) in [6, 6.07) is 14.1. The Hall–Kier alpha value is -4.04. The van der Waals surface area contributed by atoms with Gasteiger partial charge in [0.25, 0.3) is 11.5 Å². The summed E-state index contributed by atoms with van der Waals surface area (Å²) in [5.74, 6) is -0.756. The van der Waals surface area contributed by atoms with Crippen LogP contribution in [0.5, 0.6) is 6.01 Å². The van der Waals surface area contributed by atoms with E-state index in [0.29, 0.717) is 23.8 Å². The number of rotatable bonds is 7. The molecule has 2 heterocycles. The molecule has 4 rings (SSSR count). The third-order valence-electron chi connectivity index (χ3n) is 5.26. The van der Waals surface area contributed by atoms with Crippen molar-refractivity contribution in [3.8, 4) is 6.01 Å². The van der Waals surface area contributed by atoms with Gasteiger partial charge in [-0.15, -0.1) is 0 Å². The number of fused-ring (bicyclic) bond motifs is 1. The van der Waals surface area contributed by atoms with E-state index in [9.17, 15) is 14.4 Å². The summed E-state index contributed by atoms with van der Waals surface area (Å²) in [5, 5.41) is 3.32. The lowest BCUT2D eigenvalue weighted by molar-refractivity contribution is 0.0980. The molecule has 2 aromatic carbocycles.